The first-order chi connectivity index (χ1) is 10.2. The SMILES string of the molecule is Cc1ccc(C)c(-c2csc(C(C#N)=C3CCCC3)n2)c1. The van der Waals surface area contributed by atoms with Crippen LogP contribution in [0, 0.1) is 25.2 Å². The Labute approximate surface area is 129 Å². The summed E-state index contributed by atoms with van der Waals surface area (Å²) >= 11 is 1.59. The number of nitriles is 1. The molecule has 2 nitrogen and oxygen atoms in total. The number of aromatic nitrogens is 1. The van der Waals surface area contributed by atoms with E-state index in [0.29, 0.717) is 0 Å². The van der Waals surface area contributed by atoms with Gasteiger partial charge in [-0.15, -0.1) is 11.3 Å². The first-order valence-corrected chi connectivity index (χ1v) is 8.22. The van der Waals surface area contributed by atoms with Gasteiger partial charge in [-0.05, 0) is 56.7 Å². The van der Waals surface area contributed by atoms with Crippen LogP contribution in [0.15, 0.2) is 29.2 Å². The number of aryl methyl sites for hydroxylation is 2. The second kappa shape index (κ2) is 5.83. The van der Waals surface area contributed by atoms with Gasteiger partial charge in [-0.3, -0.25) is 0 Å². The van der Waals surface area contributed by atoms with Crippen molar-refractivity contribution in [3.8, 4) is 17.3 Å². The maximum Gasteiger partial charge on any atom is 0.134 e. The Balaban J connectivity index is 2.02. The zero-order valence-corrected chi connectivity index (χ0v) is 13.3. The molecule has 1 saturated carbocycles. The quantitative estimate of drug-likeness (QED) is 0.707. The molecule has 21 heavy (non-hydrogen) atoms. The molecule has 0 amide bonds. The summed E-state index contributed by atoms with van der Waals surface area (Å²) < 4.78 is 0. The summed E-state index contributed by atoms with van der Waals surface area (Å²) in [5.74, 6) is 0. The molecule has 0 aliphatic heterocycles. The van der Waals surface area contributed by atoms with Crippen molar-refractivity contribution in [2.24, 2.45) is 0 Å². The number of hydrogen-bond acceptors (Lipinski definition) is 3. The summed E-state index contributed by atoms with van der Waals surface area (Å²) in [6.07, 6.45) is 4.52. The molecule has 1 aliphatic rings. The third-order valence-electron chi connectivity index (χ3n) is 4.06. The van der Waals surface area contributed by atoms with Gasteiger partial charge in [0.15, 0.2) is 0 Å². The maximum absolute atomic E-state index is 9.48. The lowest BCUT2D eigenvalue weighted by molar-refractivity contribution is 0.886. The van der Waals surface area contributed by atoms with Crippen molar-refractivity contribution in [1.82, 2.24) is 4.98 Å². The minimum absolute atomic E-state index is 0.814. The molecular formula is C18H18N2S. The maximum atomic E-state index is 9.48. The number of benzene rings is 1. The summed E-state index contributed by atoms with van der Waals surface area (Å²) in [6.45, 7) is 4.20. The summed E-state index contributed by atoms with van der Waals surface area (Å²) in [5, 5.41) is 12.4. The highest BCUT2D eigenvalue weighted by Gasteiger charge is 2.17. The molecule has 0 spiro atoms. The molecule has 0 N–H and O–H groups in total. The van der Waals surface area contributed by atoms with E-state index in [-0.39, 0.29) is 0 Å². The van der Waals surface area contributed by atoms with Gasteiger partial charge in [0.25, 0.3) is 0 Å². The van der Waals surface area contributed by atoms with Crippen LogP contribution >= 0.6 is 11.3 Å². The lowest BCUT2D eigenvalue weighted by Crippen LogP contribution is -1.88. The van der Waals surface area contributed by atoms with E-state index in [2.05, 4.69) is 43.5 Å². The number of hydrogen-bond donors (Lipinski definition) is 0. The fourth-order valence-electron chi connectivity index (χ4n) is 2.85. The summed E-state index contributed by atoms with van der Waals surface area (Å²) in [6, 6.07) is 8.80. The van der Waals surface area contributed by atoms with Gasteiger partial charge >= 0.3 is 0 Å². The van der Waals surface area contributed by atoms with Crippen LogP contribution in [0.2, 0.25) is 0 Å². The molecule has 0 atom stereocenters. The van der Waals surface area contributed by atoms with Crippen molar-refractivity contribution in [3.63, 3.8) is 0 Å². The van der Waals surface area contributed by atoms with Gasteiger partial charge in [0.05, 0.1) is 11.3 Å². The van der Waals surface area contributed by atoms with Gasteiger partial charge < -0.3 is 0 Å². The van der Waals surface area contributed by atoms with E-state index in [1.807, 2.05) is 0 Å². The van der Waals surface area contributed by atoms with Crippen molar-refractivity contribution in [2.75, 3.05) is 0 Å². The Morgan fingerprint density at radius 3 is 2.71 bits per heavy atom. The van der Waals surface area contributed by atoms with Crippen LogP contribution in [0.25, 0.3) is 16.8 Å². The van der Waals surface area contributed by atoms with Gasteiger partial charge in [0.2, 0.25) is 0 Å². The second-order valence-corrected chi connectivity index (χ2v) is 6.51. The van der Waals surface area contributed by atoms with E-state index in [9.17, 15) is 5.26 Å². The minimum Gasteiger partial charge on any atom is -0.235 e. The van der Waals surface area contributed by atoms with Crippen LogP contribution in [-0.4, -0.2) is 4.98 Å². The third-order valence-corrected chi connectivity index (χ3v) is 4.92. The molecule has 0 saturated heterocycles. The van der Waals surface area contributed by atoms with Crippen LogP contribution in [0.3, 0.4) is 0 Å². The smallest absolute Gasteiger partial charge is 0.134 e. The zero-order valence-electron chi connectivity index (χ0n) is 12.4. The zero-order chi connectivity index (χ0) is 14.8. The van der Waals surface area contributed by atoms with E-state index in [0.717, 1.165) is 29.1 Å². The lowest BCUT2D eigenvalue weighted by Gasteiger charge is -2.04. The summed E-state index contributed by atoms with van der Waals surface area (Å²) in [7, 11) is 0. The largest absolute Gasteiger partial charge is 0.235 e. The third kappa shape index (κ3) is 2.77. The van der Waals surface area contributed by atoms with Gasteiger partial charge in [0, 0.05) is 10.9 Å². The monoisotopic (exact) mass is 294 g/mol. The Morgan fingerprint density at radius 2 is 2.00 bits per heavy atom. The number of nitrogens with zero attached hydrogens (tertiary/aromatic N) is 2. The Morgan fingerprint density at radius 1 is 1.24 bits per heavy atom. The summed E-state index contributed by atoms with van der Waals surface area (Å²) in [5.41, 5.74) is 6.73. The predicted molar refractivity (Wildman–Crippen MR) is 88.0 cm³/mol. The topological polar surface area (TPSA) is 36.7 Å². The molecule has 3 heteroatoms. The normalized spacial score (nSPS) is 14.2. The predicted octanol–water partition coefficient (Wildman–Crippen LogP) is 5.28. The van der Waals surface area contributed by atoms with Crippen LogP contribution in [0.5, 0.6) is 0 Å². The lowest BCUT2D eigenvalue weighted by atomic mass is 10.0. The van der Waals surface area contributed by atoms with Crippen LogP contribution in [0.4, 0.5) is 0 Å². The van der Waals surface area contributed by atoms with Gasteiger partial charge in [-0.2, -0.15) is 5.26 Å². The molecule has 0 bridgehead atoms. The highest BCUT2D eigenvalue weighted by Crippen LogP contribution is 2.34. The first-order valence-electron chi connectivity index (χ1n) is 7.34. The Bertz CT molecular complexity index is 739. The highest BCUT2D eigenvalue weighted by atomic mass is 32.1. The average Bonchev–Trinajstić information content (AvgIpc) is 3.14. The molecule has 1 aromatic carbocycles. The molecule has 1 aliphatic carbocycles. The molecule has 1 heterocycles. The van der Waals surface area contributed by atoms with E-state index >= 15 is 0 Å². The molecule has 1 fully saturated rings. The molecule has 0 unspecified atom stereocenters. The van der Waals surface area contributed by atoms with Crippen molar-refractivity contribution in [2.45, 2.75) is 39.5 Å². The van der Waals surface area contributed by atoms with Gasteiger partial charge in [-0.1, -0.05) is 17.7 Å². The number of thiazole rings is 1. The molecule has 106 valence electrons. The van der Waals surface area contributed by atoms with Crippen LogP contribution in [0.1, 0.15) is 41.8 Å². The van der Waals surface area contributed by atoms with E-state index in [1.165, 1.54) is 35.1 Å². The number of rotatable bonds is 2. The van der Waals surface area contributed by atoms with Crippen LogP contribution in [-0.2, 0) is 0 Å². The highest BCUT2D eigenvalue weighted by molar-refractivity contribution is 7.11. The average molecular weight is 294 g/mol. The first kappa shape index (κ1) is 14.0. The molecule has 2 aromatic rings. The molecule has 3 rings (SSSR count). The van der Waals surface area contributed by atoms with Crippen molar-refractivity contribution < 1.29 is 0 Å². The second-order valence-electron chi connectivity index (χ2n) is 5.65. The van der Waals surface area contributed by atoms with Gasteiger partial charge in [0.1, 0.15) is 11.1 Å². The number of allylic oxidation sites excluding steroid dienone is 2. The van der Waals surface area contributed by atoms with Gasteiger partial charge in [-0.25, -0.2) is 4.98 Å². The Kier molecular flexibility index (Phi) is 3.90. The van der Waals surface area contributed by atoms with Crippen LogP contribution < -0.4 is 0 Å². The van der Waals surface area contributed by atoms with E-state index in [1.54, 1.807) is 11.3 Å². The molecule has 0 radical (unpaired) electrons. The van der Waals surface area contributed by atoms with Crippen molar-refractivity contribution in [1.29, 1.82) is 5.26 Å². The van der Waals surface area contributed by atoms with E-state index < -0.39 is 0 Å². The fraction of sp³-hybridized carbons (Fsp3) is 0.333. The summed E-state index contributed by atoms with van der Waals surface area (Å²) in [4.78, 5) is 4.74. The van der Waals surface area contributed by atoms with E-state index in [4.69, 9.17) is 4.98 Å². The molecular weight excluding hydrogens is 276 g/mol. The Hall–Kier alpha value is -1.92. The van der Waals surface area contributed by atoms with Crippen molar-refractivity contribution in [3.05, 3.63) is 45.3 Å². The standard InChI is InChI=1S/C18H18N2S/c1-12-7-8-13(2)15(9-12)17-11-21-18(20-17)16(10-19)14-5-3-4-6-14/h7-9,11H,3-6H2,1-2H3. The van der Waals surface area contributed by atoms with Crippen molar-refractivity contribution >= 4 is 16.9 Å². The minimum atomic E-state index is 0.814. The molecule has 1 aromatic heterocycles. The fourth-order valence-corrected chi connectivity index (χ4v) is 3.72.